The molecule has 0 saturated heterocycles. The van der Waals surface area contributed by atoms with E-state index in [-0.39, 0.29) is 5.97 Å². The minimum absolute atomic E-state index is 0.352. The molecule has 7 heteroatoms. The van der Waals surface area contributed by atoms with Crippen LogP contribution in [-0.4, -0.2) is 28.2 Å². The standard InChI is InChI=1S/C8H11I2N3O2/c1-2-15-8(14)5(11)3-13-4-12-6(9)7(13)10/h4-5H,2-3,11H2,1H3. The van der Waals surface area contributed by atoms with Crippen LogP contribution in [-0.2, 0) is 16.1 Å². The lowest BCUT2D eigenvalue weighted by atomic mass is 10.3. The number of imidazole rings is 1. The molecule has 1 unspecified atom stereocenters. The Labute approximate surface area is 115 Å². The third-order valence-corrected chi connectivity index (χ3v) is 4.67. The van der Waals surface area contributed by atoms with Gasteiger partial charge in [-0.1, -0.05) is 0 Å². The van der Waals surface area contributed by atoms with Gasteiger partial charge in [-0.3, -0.25) is 4.79 Å². The van der Waals surface area contributed by atoms with E-state index in [4.69, 9.17) is 10.5 Å². The molecule has 0 aliphatic carbocycles. The van der Waals surface area contributed by atoms with E-state index in [1.165, 1.54) is 0 Å². The van der Waals surface area contributed by atoms with Gasteiger partial charge in [0.1, 0.15) is 13.4 Å². The highest BCUT2D eigenvalue weighted by Gasteiger charge is 2.16. The van der Waals surface area contributed by atoms with Crippen molar-refractivity contribution in [2.24, 2.45) is 5.73 Å². The van der Waals surface area contributed by atoms with Crippen molar-refractivity contribution in [1.29, 1.82) is 0 Å². The van der Waals surface area contributed by atoms with Crippen LogP contribution in [0.5, 0.6) is 0 Å². The minimum atomic E-state index is -0.636. The van der Waals surface area contributed by atoms with Crippen LogP contribution in [0.3, 0.4) is 0 Å². The van der Waals surface area contributed by atoms with Crippen LogP contribution in [0.4, 0.5) is 0 Å². The largest absolute Gasteiger partial charge is 0.465 e. The van der Waals surface area contributed by atoms with Gasteiger partial charge in [-0.05, 0) is 52.1 Å². The van der Waals surface area contributed by atoms with E-state index in [1.807, 2.05) is 4.57 Å². The Balaban J connectivity index is 2.62. The van der Waals surface area contributed by atoms with Crippen molar-refractivity contribution < 1.29 is 9.53 Å². The van der Waals surface area contributed by atoms with Gasteiger partial charge >= 0.3 is 5.97 Å². The molecule has 15 heavy (non-hydrogen) atoms. The zero-order valence-corrected chi connectivity index (χ0v) is 12.4. The van der Waals surface area contributed by atoms with Crippen molar-refractivity contribution in [3.05, 3.63) is 13.7 Å². The van der Waals surface area contributed by atoms with Crippen molar-refractivity contribution in [2.75, 3.05) is 6.61 Å². The number of nitrogens with two attached hydrogens (primary N) is 1. The van der Waals surface area contributed by atoms with E-state index < -0.39 is 6.04 Å². The number of ether oxygens (including phenoxy) is 1. The number of hydrogen-bond acceptors (Lipinski definition) is 4. The number of nitrogens with zero attached hydrogens (tertiary/aromatic N) is 2. The fraction of sp³-hybridized carbons (Fsp3) is 0.500. The number of rotatable bonds is 4. The molecule has 0 aliphatic heterocycles. The molecule has 1 rings (SSSR count). The second-order valence-corrected chi connectivity index (χ2v) is 4.88. The van der Waals surface area contributed by atoms with Crippen molar-refractivity contribution in [3.63, 3.8) is 0 Å². The topological polar surface area (TPSA) is 70.1 Å². The van der Waals surface area contributed by atoms with Crippen LogP contribution in [0.25, 0.3) is 0 Å². The summed E-state index contributed by atoms with van der Waals surface area (Å²) in [4.78, 5) is 15.4. The van der Waals surface area contributed by atoms with E-state index in [0.717, 1.165) is 7.40 Å². The van der Waals surface area contributed by atoms with Gasteiger partial charge in [0.15, 0.2) is 0 Å². The number of aromatic nitrogens is 2. The fourth-order valence-electron chi connectivity index (χ4n) is 1.01. The van der Waals surface area contributed by atoms with Gasteiger partial charge in [-0.15, -0.1) is 0 Å². The van der Waals surface area contributed by atoms with E-state index in [9.17, 15) is 4.79 Å². The maximum atomic E-state index is 11.3. The van der Waals surface area contributed by atoms with Crippen LogP contribution in [0.2, 0.25) is 0 Å². The average molecular weight is 435 g/mol. The van der Waals surface area contributed by atoms with Crippen LogP contribution in [0.1, 0.15) is 6.92 Å². The van der Waals surface area contributed by atoms with Gasteiger partial charge in [0.25, 0.3) is 0 Å². The first-order chi connectivity index (χ1) is 7.06. The lowest BCUT2D eigenvalue weighted by Gasteiger charge is -2.11. The maximum Gasteiger partial charge on any atom is 0.324 e. The summed E-state index contributed by atoms with van der Waals surface area (Å²) >= 11 is 4.29. The summed E-state index contributed by atoms with van der Waals surface area (Å²) in [5.74, 6) is -0.378. The van der Waals surface area contributed by atoms with Gasteiger partial charge in [0.2, 0.25) is 0 Å². The van der Waals surface area contributed by atoms with Gasteiger partial charge in [-0.2, -0.15) is 0 Å². The Kier molecular flexibility index (Phi) is 5.26. The maximum absolute atomic E-state index is 11.3. The van der Waals surface area contributed by atoms with E-state index in [1.54, 1.807) is 13.3 Å². The molecule has 1 atom stereocenters. The second-order valence-electron chi connectivity index (χ2n) is 2.84. The molecule has 84 valence electrons. The Morgan fingerprint density at radius 2 is 2.40 bits per heavy atom. The Morgan fingerprint density at radius 3 is 2.87 bits per heavy atom. The summed E-state index contributed by atoms with van der Waals surface area (Å²) < 4.78 is 8.54. The molecule has 1 heterocycles. The summed E-state index contributed by atoms with van der Waals surface area (Å²) in [5.41, 5.74) is 5.68. The molecule has 0 radical (unpaired) electrons. The molecular weight excluding hydrogens is 424 g/mol. The molecule has 0 amide bonds. The molecule has 0 aliphatic rings. The third-order valence-electron chi connectivity index (χ3n) is 1.72. The molecule has 2 N–H and O–H groups in total. The van der Waals surface area contributed by atoms with E-state index in [0.29, 0.717) is 13.2 Å². The average Bonchev–Trinajstić information content (AvgIpc) is 2.50. The molecule has 0 aromatic carbocycles. The summed E-state index contributed by atoms with van der Waals surface area (Å²) in [6, 6.07) is -0.636. The highest BCUT2D eigenvalue weighted by atomic mass is 127. The predicted molar refractivity (Wildman–Crippen MR) is 72.3 cm³/mol. The first kappa shape index (κ1) is 13.2. The van der Waals surface area contributed by atoms with Crippen molar-refractivity contribution in [3.8, 4) is 0 Å². The molecule has 5 nitrogen and oxygen atoms in total. The van der Waals surface area contributed by atoms with E-state index >= 15 is 0 Å². The minimum Gasteiger partial charge on any atom is -0.465 e. The number of esters is 1. The van der Waals surface area contributed by atoms with Gasteiger partial charge < -0.3 is 15.0 Å². The lowest BCUT2D eigenvalue weighted by molar-refractivity contribution is -0.145. The highest BCUT2D eigenvalue weighted by molar-refractivity contribution is 14.1. The van der Waals surface area contributed by atoms with Gasteiger partial charge in [0.05, 0.1) is 19.5 Å². The number of carbonyl (C=O) groups is 1. The first-order valence-electron chi connectivity index (χ1n) is 4.34. The van der Waals surface area contributed by atoms with Crippen LogP contribution in [0.15, 0.2) is 6.33 Å². The summed E-state index contributed by atoms with van der Waals surface area (Å²) in [6.07, 6.45) is 1.67. The van der Waals surface area contributed by atoms with Crippen LogP contribution in [0, 0.1) is 7.40 Å². The monoisotopic (exact) mass is 435 g/mol. The zero-order valence-electron chi connectivity index (χ0n) is 8.11. The van der Waals surface area contributed by atoms with Crippen molar-refractivity contribution in [1.82, 2.24) is 9.55 Å². The summed E-state index contributed by atoms with van der Waals surface area (Å²) in [7, 11) is 0. The van der Waals surface area contributed by atoms with Crippen LogP contribution < -0.4 is 5.73 Å². The molecular formula is C8H11I2N3O2. The van der Waals surface area contributed by atoms with Gasteiger partial charge in [-0.25, -0.2) is 4.98 Å². The summed E-state index contributed by atoms with van der Waals surface area (Å²) in [6.45, 7) is 2.51. The number of hydrogen-bond donors (Lipinski definition) is 1. The normalized spacial score (nSPS) is 12.5. The van der Waals surface area contributed by atoms with Crippen molar-refractivity contribution >= 4 is 51.2 Å². The number of carbonyl (C=O) groups excluding carboxylic acids is 1. The Morgan fingerprint density at radius 1 is 1.73 bits per heavy atom. The molecule has 1 aromatic rings. The zero-order chi connectivity index (χ0) is 11.4. The smallest absolute Gasteiger partial charge is 0.324 e. The summed E-state index contributed by atoms with van der Waals surface area (Å²) in [5, 5.41) is 0. The first-order valence-corrected chi connectivity index (χ1v) is 6.50. The molecule has 0 fully saturated rings. The fourth-order valence-corrected chi connectivity index (χ4v) is 1.90. The number of halogens is 2. The van der Waals surface area contributed by atoms with Gasteiger partial charge in [0, 0.05) is 0 Å². The molecule has 1 aromatic heterocycles. The van der Waals surface area contributed by atoms with Crippen LogP contribution >= 0.6 is 45.2 Å². The Hall–Kier alpha value is 0.100. The predicted octanol–water partition coefficient (Wildman–Crippen LogP) is 0.983. The molecule has 0 bridgehead atoms. The quantitative estimate of drug-likeness (QED) is 0.566. The third kappa shape index (κ3) is 3.55. The van der Waals surface area contributed by atoms with E-state index in [2.05, 4.69) is 50.2 Å². The van der Waals surface area contributed by atoms with Crippen molar-refractivity contribution in [2.45, 2.75) is 19.5 Å². The molecule has 0 spiro atoms. The molecule has 0 saturated carbocycles. The highest BCUT2D eigenvalue weighted by Crippen LogP contribution is 2.13. The lowest BCUT2D eigenvalue weighted by Crippen LogP contribution is -2.36. The second kappa shape index (κ2) is 5.99. The SMILES string of the molecule is CCOC(=O)C(N)Cn1cnc(I)c1I. The Bertz CT molecular complexity index is 354.